The molecule has 0 fully saturated rings. The predicted octanol–water partition coefficient (Wildman–Crippen LogP) is 1.99. The topological polar surface area (TPSA) is 116 Å². The highest BCUT2D eigenvalue weighted by atomic mass is 35.5. The summed E-state index contributed by atoms with van der Waals surface area (Å²) in [6.07, 6.45) is -1.06. The molecule has 0 unspecified atom stereocenters. The normalized spacial score (nSPS) is 12.4. The Morgan fingerprint density at radius 1 is 1.22 bits per heavy atom. The predicted molar refractivity (Wildman–Crippen MR) is 95.9 cm³/mol. The van der Waals surface area contributed by atoms with Gasteiger partial charge in [-0.1, -0.05) is 23.7 Å². The summed E-state index contributed by atoms with van der Waals surface area (Å²) in [6, 6.07) is 8.96. The molecular formula is C17H16ClFN2O5S. The van der Waals surface area contributed by atoms with Crippen LogP contribution in [0.25, 0.3) is 0 Å². The van der Waals surface area contributed by atoms with Crippen LogP contribution in [0.4, 0.5) is 4.39 Å². The fourth-order valence-corrected chi connectivity index (χ4v) is 3.24. The van der Waals surface area contributed by atoms with Crippen LogP contribution < -0.4 is 10.5 Å². The lowest BCUT2D eigenvalue weighted by Gasteiger charge is -2.10. The van der Waals surface area contributed by atoms with Crippen LogP contribution in [0.2, 0.25) is 5.02 Å². The van der Waals surface area contributed by atoms with Crippen molar-refractivity contribution in [3.05, 3.63) is 64.4 Å². The number of ether oxygens (including phenoxy) is 1. The molecule has 144 valence electrons. The molecule has 0 saturated carbocycles. The number of hydrogen-bond donors (Lipinski definition) is 2. The molecule has 27 heavy (non-hydrogen) atoms. The third kappa shape index (κ3) is 5.49. The molecule has 2 rings (SSSR count). The maximum atomic E-state index is 13.2. The Labute approximate surface area is 160 Å². The van der Waals surface area contributed by atoms with E-state index in [4.69, 9.17) is 22.1 Å². The molecule has 2 aromatic rings. The number of primary amides is 1. The third-order valence-corrected chi connectivity index (χ3v) is 5.23. The number of amides is 1. The van der Waals surface area contributed by atoms with Crippen molar-refractivity contribution in [1.29, 1.82) is 0 Å². The van der Waals surface area contributed by atoms with Gasteiger partial charge in [0, 0.05) is 6.54 Å². The average Bonchev–Trinajstić information content (AvgIpc) is 2.62. The third-order valence-electron chi connectivity index (χ3n) is 3.54. The van der Waals surface area contributed by atoms with E-state index in [1.807, 2.05) is 0 Å². The minimum Gasteiger partial charge on any atom is -0.449 e. The van der Waals surface area contributed by atoms with Crippen LogP contribution >= 0.6 is 11.6 Å². The second kappa shape index (κ2) is 8.47. The van der Waals surface area contributed by atoms with Gasteiger partial charge in [0.05, 0.1) is 15.5 Å². The zero-order chi connectivity index (χ0) is 20.2. The van der Waals surface area contributed by atoms with E-state index in [1.54, 1.807) is 0 Å². The lowest BCUT2D eigenvalue weighted by molar-refractivity contribution is -0.125. The van der Waals surface area contributed by atoms with E-state index in [2.05, 4.69) is 4.72 Å². The number of hydrogen-bond acceptors (Lipinski definition) is 5. The summed E-state index contributed by atoms with van der Waals surface area (Å²) in [5, 5.41) is -0.300. The van der Waals surface area contributed by atoms with E-state index in [1.165, 1.54) is 31.2 Å². The van der Waals surface area contributed by atoms with Gasteiger partial charge >= 0.3 is 5.97 Å². The first-order valence-electron chi connectivity index (χ1n) is 7.64. The number of benzene rings is 2. The standard InChI is InChI=1S/C17H16ClFN2O5S/c1-10(16(20)22)26-17(23)12-4-2-11(3-5-12)9-21-27(24,25)13-6-7-15(19)14(18)8-13/h2-8,10,21H,9H2,1H3,(H2,20,22)/t10-/m0/s1. The van der Waals surface area contributed by atoms with E-state index in [0.29, 0.717) is 5.56 Å². The first-order valence-corrected chi connectivity index (χ1v) is 9.50. The van der Waals surface area contributed by atoms with Gasteiger partial charge in [-0.15, -0.1) is 0 Å². The molecule has 0 aromatic heterocycles. The molecule has 1 amide bonds. The van der Waals surface area contributed by atoms with Gasteiger partial charge < -0.3 is 10.5 Å². The van der Waals surface area contributed by atoms with Crippen molar-refractivity contribution < 1.29 is 27.1 Å². The molecule has 10 heteroatoms. The van der Waals surface area contributed by atoms with E-state index in [0.717, 1.165) is 18.2 Å². The molecule has 0 bridgehead atoms. The maximum Gasteiger partial charge on any atom is 0.338 e. The Kier molecular flexibility index (Phi) is 6.53. The SMILES string of the molecule is C[C@H](OC(=O)c1ccc(CNS(=O)(=O)c2ccc(F)c(Cl)c2)cc1)C(N)=O. The molecule has 7 nitrogen and oxygen atoms in total. The highest BCUT2D eigenvalue weighted by Crippen LogP contribution is 2.19. The van der Waals surface area contributed by atoms with Crippen LogP contribution in [-0.2, 0) is 26.1 Å². The largest absolute Gasteiger partial charge is 0.449 e. The molecule has 0 radical (unpaired) electrons. The quantitative estimate of drug-likeness (QED) is 0.672. The van der Waals surface area contributed by atoms with Gasteiger partial charge in [-0.05, 0) is 42.8 Å². The van der Waals surface area contributed by atoms with Crippen molar-refractivity contribution in [3.8, 4) is 0 Å². The molecule has 1 atom stereocenters. The Morgan fingerprint density at radius 2 is 1.85 bits per heavy atom. The number of carbonyl (C=O) groups is 2. The monoisotopic (exact) mass is 414 g/mol. The van der Waals surface area contributed by atoms with Crippen LogP contribution in [0.15, 0.2) is 47.4 Å². The molecule has 0 aliphatic rings. The van der Waals surface area contributed by atoms with Gasteiger partial charge in [-0.2, -0.15) is 0 Å². The molecule has 0 aliphatic heterocycles. The molecular weight excluding hydrogens is 399 g/mol. The van der Waals surface area contributed by atoms with Gasteiger partial charge in [0.25, 0.3) is 5.91 Å². The molecule has 2 aromatic carbocycles. The number of sulfonamides is 1. The van der Waals surface area contributed by atoms with Crippen molar-refractivity contribution in [2.45, 2.75) is 24.5 Å². The lowest BCUT2D eigenvalue weighted by Crippen LogP contribution is -2.30. The van der Waals surface area contributed by atoms with Crippen LogP contribution in [-0.4, -0.2) is 26.4 Å². The van der Waals surface area contributed by atoms with E-state index < -0.39 is 33.8 Å². The second-order valence-corrected chi connectivity index (χ2v) is 7.72. The highest BCUT2D eigenvalue weighted by Gasteiger charge is 2.17. The van der Waals surface area contributed by atoms with E-state index in [-0.39, 0.29) is 22.0 Å². The maximum absolute atomic E-state index is 13.2. The average molecular weight is 415 g/mol. The molecule has 0 heterocycles. The fourth-order valence-electron chi connectivity index (χ4n) is 1.95. The first kappa shape index (κ1) is 20.8. The summed E-state index contributed by atoms with van der Waals surface area (Å²) < 4.78 is 44.8. The van der Waals surface area contributed by atoms with Crippen LogP contribution in [0.5, 0.6) is 0 Å². The Hall–Kier alpha value is -2.49. The van der Waals surface area contributed by atoms with Crippen molar-refractivity contribution in [3.63, 3.8) is 0 Å². The highest BCUT2D eigenvalue weighted by molar-refractivity contribution is 7.89. The summed E-state index contributed by atoms with van der Waals surface area (Å²) in [4.78, 5) is 22.6. The van der Waals surface area contributed by atoms with Crippen molar-refractivity contribution in [2.24, 2.45) is 5.73 Å². The van der Waals surface area contributed by atoms with Crippen LogP contribution in [0.1, 0.15) is 22.8 Å². The number of rotatable bonds is 7. The molecule has 3 N–H and O–H groups in total. The Morgan fingerprint density at radius 3 is 2.41 bits per heavy atom. The van der Waals surface area contributed by atoms with Gasteiger partial charge in [-0.25, -0.2) is 22.3 Å². The summed E-state index contributed by atoms with van der Waals surface area (Å²) >= 11 is 5.60. The number of nitrogens with two attached hydrogens (primary N) is 1. The number of halogens is 2. The lowest BCUT2D eigenvalue weighted by atomic mass is 10.1. The van der Waals surface area contributed by atoms with Crippen molar-refractivity contribution in [2.75, 3.05) is 0 Å². The summed E-state index contributed by atoms with van der Waals surface area (Å²) in [7, 11) is -3.89. The zero-order valence-corrected chi connectivity index (χ0v) is 15.7. The number of carbonyl (C=O) groups excluding carboxylic acids is 2. The van der Waals surface area contributed by atoms with Gasteiger partial charge in [0.15, 0.2) is 6.10 Å². The fraction of sp³-hybridized carbons (Fsp3) is 0.176. The number of esters is 1. The van der Waals surface area contributed by atoms with Crippen LogP contribution in [0, 0.1) is 5.82 Å². The van der Waals surface area contributed by atoms with E-state index >= 15 is 0 Å². The summed E-state index contributed by atoms with van der Waals surface area (Å²) in [6.45, 7) is 1.29. The molecule has 0 aliphatic carbocycles. The minimum absolute atomic E-state index is 0.0651. The second-order valence-electron chi connectivity index (χ2n) is 5.55. The molecule has 0 saturated heterocycles. The minimum atomic E-state index is -3.89. The molecule has 0 spiro atoms. The smallest absolute Gasteiger partial charge is 0.338 e. The van der Waals surface area contributed by atoms with Gasteiger partial charge in [0.1, 0.15) is 5.82 Å². The Bertz CT molecular complexity index is 964. The van der Waals surface area contributed by atoms with E-state index in [9.17, 15) is 22.4 Å². The van der Waals surface area contributed by atoms with Crippen LogP contribution in [0.3, 0.4) is 0 Å². The van der Waals surface area contributed by atoms with Gasteiger partial charge in [0.2, 0.25) is 10.0 Å². The summed E-state index contributed by atoms with van der Waals surface area (Å²) in [5.74, 6) is -2.21. The Balaban J connectivity index is 2.03. The summed E-state index contributed by atoms with van der Waals surface area (Å²) in [5.41, 5.74) is 5.76. The van der Waals surface area contributed by atoms with Crippen molar-refractivity contribution in [1.82, 2.24) is 4.72 Å². The zero-order valence-electron chi connectivity index (χ0n) is 14.1. The number of nitrogens with one attached hydrogen (secondary N) is 1. The first-order chi connectivity index (χ1) is 12.6. The van der Waals surface area contributed by atoms with Crippen molar-refractivity contribution >= 4 is 33.5 Å². The van der Waals surface area contributed by atoms with Gasteiger partial charge in [-0.3, -0.25) is 4.79 Å².